The summed E-state index contributed by atoms with van der Waals surface area (Å²) in [7, 11) is 0. The SMILES string of the molecule is CCCCOc1ccc(C2C(C(=O)OC(C)C)=C(C)Nc3nc(SCC)nn32)cc1OCC. The van der Waals surface area contributed by atoms with E-state index >= 15 is 0 Å². The summed E-state index contributed by atoms with van der Waals surface area (Å²) in [5, 5.41) is 8.58. The lowest BCUT2D eigenvalue weighted by Gasteiger charge is -2.29. The largest absolute Gasteiger partial charge is 0.490 e. The van der Waals surface area contributed by atoms with Gasteiger partial charge in [0, 0.05) is 5.70 Å². The Balaban J connectivity index is 2.09. The lowest BCUT2D eigenvalue weighted by Crippen LogP contribution is -2.30. The summed E-state index contributed by atoms with van der Waals surface area (Å²) < 4.78 is 19.2. The predicted molar refractivity (Wildman–Crippen MR) is 130 cm³/mol. The zero-order valence-electron chi connectivity index (χ0n) is 20.3. The number of anilines is 1. The number of nitrogens with zero attached hydrogens (tertiary/aromatic N) is 3. The van der Waals surface area contributed by atoms with Crippen molar-refractivity contribution in [2.75, 3.05) is 24.3 Å². The van der Waals surface area contributed by atoms with E-state index in [2.05, 4.69) is 24.1 Å². The van der Waals surface area contributed by atoms with Crippen LogP contribution in [0.5, 0.6) is 11.5 Å². The third-order valence-electron chi connectivity index (χ3n) is 5.01. The highest BCUT2D eigenvalue weighted by atomic mass is 32.2. The van der Waals surface area contributed by atoms with Crippen molar-refractivity contribution in [3.63, 3.8) is 0 Å². The topological polar surface area (TPSA) is 87.5 Å². The van der Waals surface area contributed by atoms with E-state index in [1.807, 2.05) is 45.9 Å². The predicted octanol–water partition coefficient (Wildman–Crippen LogP) is 5.21. The molecule has 0 fully saturated rings. The van der Waals surface area contributed by atoms with Crippen molar-refractivity contribution in [1.29, 1.82) is 0 Å². The minimum Gasteiger partial charge on any atom is -0.490 e. The van der Waals surface area contributed by atoms with Gasteiger partial charge in [-0.05, 0) is 57.6 Å². The van der Waals surface area contributed by atoms with Crippen LogP contribution in [0.25, 0.3) is 0 Å². The van der Waals surface area contributed by atoms with E-state index in [9.17, 15) is 4.79 Å². The molecule has 2 aromatic rings. The zero-order chi connectivity index (χ0) is 24.0. The molecule has 0 spiro atoms. The van der Waals surface area contributed by atoms with Crippen molar-refractivity contribution in [1.82, 2.24) is 14.8 Å². The molecule has 0 saturated carbocycles. The summed E-state index contributed by atoms with van der Waals surface area (Å²) in [4.78, 5) is 17.8. The van der Waals surface area contributed by atoms with Crippen molar-refractivity contribution in [2.45, 2.75) is 71.7 Å². The Morgan fingerprint density at radius 1 is 1.21 bits per heavy atom. The van der Waals surface area contributed by atoms with E-state index in [-0.39, 0.29) is 12.1 Å². The van der Waals surface area contributed by atoms with Crippen LogP contribution in [-0.2, 0) is 9.53 Å². The zero-order valence-corrected chi connectivity index (χ0v) is 21.1. The average molecular weight is 475 g/mol. The Morgan fingerprint density at radius 2 is 2.00 bits per heavy atom. The van der Waals surface area contributed by atoms with Gasteiger partial charge in [-0.15, -0.1) is 5.10 Å². The second-order valence-electron chi connectivity index (χ2n) is 7.96. The number of carbonyl (C=O) groups excluding carboxylic acids is 1. The minimum absolute atomic E-state index is 0.241. The van der Waals surface area contributed by atoms with Gasteiger partial charge in [-0.3, -0.25) is 0 Å². The number of rotatable bonds is 11. The van der Waals surface area contributed by atoms with Crippen LogP contribution in [-0.4, -0.2) is 45.8 Å². The van der Waals surface area contributed by atoms with Crippen molar-refractivity contribution in [3.8, 4) is 11.5 Å². The van der Waals surface area contributed by atoms with E-state index in [0.717, 1.165) is 24.2 Å². The van der Waals surface area contributed by atoms with Crippen molar-refractivity contribution in [3.05, 3.63) is 35.0 Å². The molecular formula is C24H34N4O4S. The molecule has 0 radical (unpaired) electrons. The summed E-state index contributed by atoms with van der Waals surface area (Å²) in [5.74, 6) is 2.39. The first-order chi connectivity index (χ1) is 15.9. The second-order valence-corrected chi connectivity index (χ2v) is 9.19. The molecule has 8 nitrogen and oxygen atoms in total. The normalized spacial score (nSPS) is 15.3. The summed E-state index contributed by atoms with van der Waals surface area (Å²) in [6.45, 7) is 12.8. The first-order valence-electron chi connectivity index (χ1n) is 11.6. The molecule has 0 bridgehead atoms. The molecule has 1 atom stereocenters. The van der Waals surface area contributed by atoms with Crippen molar-refractivity contribution >= 4 is 23.7 Å². The van der Waals surface area contributed by atoms with Gasteiger partial charge in [0.25, 0.3) is 0 Å². The fourth-order valence-corrected chi connectivity index (χ4v) is 4.14. The third-order valence-corrected chi connectivity index (χ3v) is 5.73. The fourth-order valence-electron chi connectivity index (χ4n) is 3.58. The number of unbranched alkanes of at least 4 members (excludes halogenated alkanes) is 1. The number of ether oxygens (including phenoxy) is 3. The van der Waals surface area contributed by atoms with E-state index in [4.69, 9.17) is 19.3 Å². The summed E-state index contributed by atoms with van der Waals surface area (Å²) in [6.07, 6.45) is 1.78. The highest BCUT2D eigenvalue weighted by Gasteiger charge is 2.36. The van der Waals surface area contributed by atoms with Gasteiger partial charge in [0.05, 0.1) is 24.9 Å². The third kappa shape index (κ3) is 5.82. The molecule has 0 aliphatic carbocycles. The molecule has 180 valence electrons. The van der Waals surface area contributed by atoms with Crippen LogP contribution in [0.4, 0.5) is 5.95 Å². The van der Waals surface area contributed by atoms with Crippen molar-refractivity contribution < 1.29 is 19.0 Å². The van der Waals surface area contributed by atoms with E-state index in [1.54, 1.807) is 16.4 Å². The monoisotopic (exact) mass is 474 g/mol. The van der Waals surface area contributed by atoms with Gasteiger partial charge in [0.2, 0.25) is 11.1 Å². The maximum Gasteiger partial charge on any atom is 0.338 e. The molecule has 1 aromatic carbocycles. The van der Waals surface area contributed by atoms with E-state index < -0.39 is 6.04 Å². The molecule has 0 saturated heterocycles. The minimum atomic E-state index is -0.505. The Hall–Kier alpha value is -2.68. The van der Waals surface area contributed by atoms with Gasteiger partial charge in [-0.1, -0.05) is 38.1 Å². The quantitative estimate of drug-likeness (QED) is 0.270. The molecule has 2 heterocycles. The summed E-state index contributed by atoms with van der Waals surface area (Å²) in [5.41, 5.74) is 2.04. The standard InChI is InChI=1S/C24H34N4O4S/c1-7-10-13-31-18-12-11-17(14-19(18)30-8-2)21-20(22(29)32-15(4)5)16(6)25-23-26-24(33-9-3)27-28(21)23/h11-12,14-15,21H,7-10,13H2,1-6H3,(H,25,26,27). The van der Waals surface area contributed by atoms with E-state index in [0.29, 0.717) is 47.1 Å². The summed E-state index contributed by atoms with van der Waals surface area (Å²) in [6, 6.07) is 5.27. The smallest absolute Gasteiger partial charge is 0.338 e. The number of fused-ring (bicyclic) bond motifs is 1. The molecule has 1 N–H and O–H groups in total. The molecule has 3 rings (SSSR count). The van der Waals surface area contributed by atoms with Gasteiger partial charge < -0.3 is 19.5 Å². The molecule has 1 aromatic heterocycles. The number of aromatic nitrogens is 3. The van der Waals surface area contributed by atoms with Crippen LogP contribution in [0.15, 0.2) is 34.6 Å². The lowest BCUT2D eigenvalue weighted by molar-refractivity contribution is -0.143. The number of carbonyl (C=O) groups is 1. The Morgan fingerprint density at radius 3 is 2.67 bits per heavy atom. The van der Waals surface area contributed by atoms with Crippen molar-refractivity contribution in [2.24, 2.45) is 0 Å². The number of esters is 1. The van der Waals surface area contributed by atoms with Gasteiger partial charge >= 0.3 is 5.97 Å². The number of hydrogen-bond acceptors (Lipinski definition) is 8. The first-order valence-corrected chi connectivity index (χ1v) is 12.6. The van der Waals surface area contributed by atoms with Gasteiger partial charge in [0.15, 0.2) is 11.5 Å². The van der Waals surface area contributed by atoms with Crippen LogP contribution >= 0.6 is 11.8 Å². The molecular weight excluding hydrogens is 440 g/mol. The van der Waals surface area contributed by atoms with Crippen LogP contribution in [0.3, 0.4) is 0 Å². The maximum absolute atomic E-state index is 13.2. The van der Waals surface area contributed by atoms with Crippen LogP contribution < -0.4 is 14.8 Å². The molecule has 1 unspecified atom stereocenters. The van der Waals surface area contributed by atoms with Gasteiger partial charge in [0.1, 0.15) is 6.04 Å². The average Bonchev–Trinajstić information content (AvgIpc) is 3.15. The molecule has 9 heteroatoms. The van der Waals surface area contributed by atoms with Gasteiger partial charge in [-0.25, -0.2) is 9.48 Å². The fraction of sp³-hybridized carbons (Fsp3) is 0.542. The van der Waals surface area contributed by atoms with Crippen LogP contribution in [0.2, 0.25) is 0 Å². The molecule has 33 heavy (non-hydrogen) atoms. The Kier molecular flexibility index (Phi) is 8.66. The Labute approximate surface area is 200 Å². The second kappa shape index (κ2) is 11.4. The lowest BCUT2D eigenvalue weighted by atomic mass is 9.95. The number of allylic oxidation sites excluding steroid dienone is 1. The molecule has 1 aliphatic rings. The highest BCUT2D eigenvalue weighted by molar-refractivity contribution is 7.99. The first kappa shape index (κ1) is 25.0. The van der Waals surface area contributed by atoms with Crippen LogP contribution in [0, 0.1) is 0 Å². The summed E-state index contributed by atoms with van der Waals surface area (Å²) >= 11 is 1.55. The highest BCUT2D eigenvalue weighted by Crippen LogP contribution is 2.40. The number of nitrogens with one attached hydrogen (secondary N) is 1. The number of benzene rings is 1. The van der Waals surface area contributed by atoms with Crippen LogP contribution in [0.1, 0.15) is 66.0 Å². The maximum atomic E-state index is 13.2. The molecule has 1 aliphatic heterocycles. The van der Waals surface area contributed by atoms with Gasteiger partial charge in [-0.2, -0.15) is 4.98 Å². The number of hydrogen-bond donors (Lipinski definition) is 1. The number of thioether (sulfide) groups is 1. The van der Waals surface area contributed by atoms with E-state index in [1.165, 1.54) is 0 Å². The molecule has 0 amide bonds. The Bertz CT molecular complexity index is 1000.